The summed E-state index contributed by atoms with van der Waals surface area (Å²) in [5.74, 6) is 1.49. The molecule has 1 heterocycles. The van der Waals surface area contributed by atoms with E-state index in [9.17, 15) is 4.79 Å². The van der Waals surface area contributed by atoms with Crippen LogP contribution in [0.3, 0.4) is 0 Å². The van der Waals surface area contributed by atoms with Crippen molar-refractivity contribution in [3.63, 3.8) is 0 Å². The molecule has 0 aliphatic heterocycles. The predicted molar refractivity (Wildman–Crippen MR) is 101 cm³/mol. The molecule has 0 saturated heterocycles. The van der Waals surface area contributed by atoms with Crippen LogP contribution in [0.4, 0.5) is 4.79 Å². The van der Waals surface area contributed by atoms with Gasteiger partial charge in [0.15, 0.2) is 11.5 Å². The summed E-state index contributed by atoms with van der Waals surface area (Å²) >= 11 is 0. The van der Waals surface area contributed by atoms with Crippen LogP contribution in [0.15, 0.2) is 30.6 Å². The number of aromatic nitrogens is 2. The van der Waals surface area contributed by atoms with Gasteiger partial charge in [-0.1, -0.05) is 6.07 Å². The lowest BCUT2D eigenvalue weighted by Crippen LogP contribution is -2.37. The molecular weight excluding hydrogens is 332 g/mol. The van der Waals surface area contributed by atoms with E-state index in [1.165, 1.54) is 0 Å². The fraction of sp³-hybridized carbons (Fsp3) is 0.474. The highest BCUT2D eigenvalue weighted by Crippen LogP contribution is 2.28. The minimum absolute atomic E-state index is 0.107. The molecule has 2 rings (SSSR count). The van der Waals surface area contributed by atoms with Crippen LogP contribution in [0.5, 0.6) is 11.5 Å². The summed E-state index contributed by atoms with van der Waals surface area (Å²) < 4.78 is 12.9. The standard InChI is InChI=1S/C19H28N4O3/c1-5-25-17-8-7-15(11-18(17)26-6-2)9-10-20-19(24)22(3)13-16-12-21-23(4)14-16/h7-8,11-12,14H,5-6,9-10,13H2,1-4H3,(H,20,24). The summed E-state index contributed by atoms with van der Waals surface area (Å²) in [6.45, 7) is 6.15. The first kappa shape index (κ1) is 19.6. The van der Waals surface area contributed by atoms with Crippen LogP contribution < -0.4 is 14.8 Å². The molecular formula is C19H28N4O3. The van der Waals surface area contributed by atoms with Crippen molar-refractivity contribution < 1.29 is 14.3 Å². The third-order valence-electron chi connectivity index (χ3n) is 3.82. The molecule has 0 unspecified atom stereocenters. The molecule has 0 fully saturated rings. The van der Waals surface area contributed by atoms with E-state index in [0.29, 0.717) is 26.3 Å². The van der Waals surface area contributed by atoms with Gasteiger partial charge in [0.25, 0.3) is 0 Å². The molecule has 1 aromatic carbocycles. The van der Waals surface area contributed by atoms with Crippen LogP contribution in [0, 0.1) is 0 Å². The number of carbonyl (C=O) groups excluding carboxylic acids is 1. The number of carbonyl (C=O) groups is 1. The number of rotatable bonds is 9. The Bertz CT molecular complexity index is 715. The van der Waals surface area contributed by atoms with E-state index in [2.05, 4.69) is 10.4 Å². The number of nitrogens with one attached hydrogen (secondary N) is 1. The summed E-state index contributed by atoms with van der Waals surface area (Å²) in [5, 5.41) is 7.05. The smallest absolute Gasteiger partial charge is 0.317 e. The number of hydrogen-bond donors (Lipinski definition) is 1. The third kappa shape index (κ3) is 5.68. The molecule has 2 amide bonds. The van der Waals surface area contributed by atoms with Gasteiger partial charge in [-0.15, -0.1) is 0 Å². The van der Waals surface area contributed by atoms with Gasteiger partial charge in [-0.25, -0.2) is 4.79 Å². The lowest BCUT2D eigenvalue weighted by molar-refractivity contribution is 0.207. The molecule has 1 aromatic heterocycles. The number of ether oxygens (including phenoxy) is 2. The largest absolute Gasteiger partial charge is 0.490 e. The highest BCUT2D eigenvalue weighted by molar-refractivity contribution is 5.73. The first-order chi connectivity index (χ1) is 12.5. The zero-order valence-corrected chi connectivity index (χ0v) is 16.0. The Balaban J connectivity index is 1.84. The number of urea groups is 1. The molecule has 0 bridgehead atoms. The average molecular weight is 360 g/mol. The first-order valence-electron chi connectivity index (χ1n) is 8.88. The summed E-state index contributed by atoms with van der Waals surface area (Å²) in [6.07, 6.45) is 4.39. The second-order valence-electron chi connectivity index (χ2n) is 6.01. The molecule has 1 N–H and O–H groups in total. The summed E-state index contributed by atoms with van der Waals surface area (Å²) in [6, 6.07) is 5.78. The van der Waals surface area contributed by atoms with Crippen LogP contribution >= 0.6 is 0 Å². The number of benzene rings is 1. The van der Waals surface area contributed by atoms with Crippen molar-refractivity contribution in [3.05, 3.63) is 41.7 Å². The van der Waals surface area contributed by atoms with Crippen molar-refractivity contribution in [3.8, 4) is 11.5 Å². The molecule has 0 aliphatic carbocycles. The van der Waals surface area contributed by atoms with E-state index in [0.717, 1.165) is 29.0 Å². The first-order valence-corrected chi connectivity index (χ1v) is 8.88. The summed E-state index contributed by atoms with van der Waals surface area (Å²) in [7, 11) is 3.63. The Morgan fingerprint density at radius 2 is 1.92 bits per heavy atom. The molecule has 0 spiro atoms. The summed E-state index contributed by atoms with van der Waals surface area (Å²) in [4.78, 5) is 13.8. The van der Waals surface area contributed by atoms with E-state index >= 15 is 0 Å². The van der Waals surface area contributed by atoms with Crippen molar-refractivity contribution in [2.24, 2.45) is 7.05 Å². The zero-order chi connectivity index (χ0) is 18.9. The molecule has 7 nitrogen and oxygen atoms in total. The van der Waals surface area contributed by atoms with Gasteiger partial charge in [0.05, 0.1) is 26.0 Å². The fourth-order valence-corrected chi connectivity index (χ4v) is 2.60. The topological polar surface area (TPSA) is 68.6 Å². The number of hydrogen-bond acceptors (Lipinski definition) is 4. The van der Waals surface area contributed by atoms with Crippen LogP contribution in [0.25, 0.3) is 0 Å². The second kappa shape index (κ2) is 9.70. The highest BCUT2D eigenvalue weighted by Gasteiger charge is 2.10. The fourth-order valence-electron chi connectivity index (χ4n) is 2.60. The third-order valence-corrected chi connectivity index (χ3v) is 3.82. The molecule has 0 atom stereocenters. The Morgan fingerprint density at radius 1 is 1.19 bits per heavy atom. The minimum atomic E-state index is -0.107. The van der Waals surface area contributed by atoms with Gasteiger partial charge in [-0.05, 0) is 38.0 Å². The zero-order valence-electron chi connectivity index (χ0n) is 16.0. The van der Waals surface area contributed by atoms with Crippen molar-refractivity contribution >= 4 is 6.03 Å². The Kier molecular flexibility index (Phi) is 7.32. The Labute approximate surface area is 154 Å². The Hall–Kier alpha value is -2.70. The molecule has 142 valence electrons. The van der Waals surface area contributed by atoms with Gasteiger partial charge in [0.1, 0.15) is 0 Å². The Morgan fingerprint density at radius 3 is 2.58 bits per heavy atom. The van der Waals surface area contributed by atoms with E-state index in [4.69, 9.17) is 9.47 Å². The van der Waals surface area contributed by atoms with E-state index < -0.39 is 0 Å². The van der Waals surface area contributed by atoms with Crippen molar-refractivity contribution in [1.29, 1.82) is 0 Å². The molecule has 7 heteroatoms. The van der Waals surface area contributed by atoms with E-state index in [-0.39, 0.29) is 6.03 Å². The molecule has 26 heavy (non-hydrogen) atoms. The second-order valence-corrected chi connectivity index (χ2v) is 6.01. The maximum Gasteiger partial charge on any atom is 0.317 e. The van der Waals surface area contributed by atoms with Gasteiger partial charge in [-0.3, -0.25) is 4.68 Å². The predicted octanol–water partition coefficient (Wildman–Crippen LogP) is 2.60. The van der Waals surface area contributed by atoms with E-state index in [1.54, 1.807) is 22.8 Å². The molecule has 0 radical (unpaired) electrons. The number of aryl methyl sites for hydroxylation is 1. The van der Waals surface area contributed by atoms with Gasteiger partial charge >= 0.3 is 6.03 Å². The summed E-state index contributed by atoms with van der Waals surface area (Å²) in [5.41, 5.74) is 2.09. The van der Waals surface area contributed by atoms with Crippen molar-refractivity contribution in [2.45, 2.75) is 26.8 Å². The highest BCUT2D eigenvalue weighted by atomic mass is 16.5. The maximum atomic E-state index is 12.2. The van der Waals surface area contributed by atoms with Gasteiger partial charge in [0.2, 0.25) is 0 Å². The van der Waals surface area contributed by atoms with Crippen LogP contribution in [-0.4, -0.2) is 47.5 Å². The lowest BCUT2D eigenvalue weighted by Gasteiger charge is -2.17. The van der Waals surface area contributed by atoms with Crippen LogP contribution in [0.2, 0.25) is 0 Å². The van der Waals surface area contributed by atoms with Crippen LogP contribution in [-0.2, 0) is 20.0 Å². The van der Waals surface area contributed by atoms with Crippen LogP contribution in [0.1, 0.15) is 25.0 Å². The molecule has 0 saturated carbocycles. The maximum absolute atomic E-state index is 12.2. The SMILES string of the molecule is CCOc1ccc(CCNC(=O)N(C)Cc2cnn(C)c2)cc1OCC. The number of amides is 2. The molecule has 0 aliphatic rings. The van der Waals surface area contributed by atoms with E-state index in [1.807, 2.05) is 45.3 Å². The van der Waals surface area contributed by atoms with Crippen molar-refractivity contribution in [1.82, 2.24) is 20.0 Å². The minimum Gasteiger partial charge on any atom is -0.490 e. The van der Waals surface area contributed by atoms with Crippen molar-refractivity contribution in [2.75, 3.05) is 26.8 Å². The number of nitrogens with zero attached hydrogens (tertiary/aromatic N) is 3. The van der Waals surface area contributed by atoms with Gasteiger partial charge < -0.3 is 19.7 Å². The monoisotopic (exact) mass is 360 g/mol. The average Bonchev–Trinajstić information content (AvgIpc) is 3.02. The van der Waals surface area contributed by atoms with Gasteiger partial charge in [0, 0.05) is 32.4 Å². The van der Waals surface area contributed by atoms with Gasteiger partial charge in [-0.2, -0.15) is 5.10 Å². The quantitative estimate of drug-likeness (QED) is 0.746. The normalized spacial score (nSPS) is 10.5. The lowest BCUT2D eigenvalue weighted by atomic mass is 10.1. The molecule has 2 aromatic rings.